The summed E-state index contributed by atoms with van der Waals surface area (Å²) >= 11 is 0. The van der Waals surface area contributed by atoms with Crippen LogP contribution in [0.25, 0.3) is 0 Å². The number of carbonyl (C=O) groups is 1. The van der Waals surface area contributed by atoms with Crippen LogP contribution in [-0.2, 0) is 9.53 Å². The Morgan fingerprint density at radius 2 is 2.21 bits per heavy atom. The predicted molar refractivity (Wildman–Crippen MR) is 53.0 cm³/mol. The van der Waals surface area contributed by atoms with Crippen molar-refractivity contribution in [2.75, 3.05) is 6.61 Å². The van der Waals surface area contributed by atoms with E-state index in [0.717, 1.165) is 25.9 Å². The highest BCUT2D eigenvalue weighted by Crippen LogP contribution is 2.13. The van der Waals surface area contributed by atoms with E-state index in [1.807, 2.05) is 13.8 Å². The number of aliphatic carboxylic acids is 1. The molecular formula is C10H19NO3. The van der Waals surface area contributed by atoms with Gasteiger partial charge in [0.2, 0.25) is 0 Å². The van der Waals surface area contributed by atoms with Crippen molar-refractivity contribution in [2.45, 2.75) is 45.4 Å². The van der Waals surface area contributed by atoms with Crippen molar-refractivity contribution < 1.29 is 14.6 Å². The summed E-state index contributed by atoms with van der Waals surface area (Å²) in [5.74, 6) is -0.716. The number of hydrogen-bond donors (Lipinski definition) is 2. The number of carboxylic acid groups (broad SMARTS) is 1. The van der Waals surface area contributed by atoms with Gasteiger partial charge in [-0.1, -0.05) is 13.8 Å². The molecule has 1 aliphatic heterocycles. The van der Waals surface area contributed by atoms with Gasteiger partial charge in [-0.15, -0.1) is 0 Å². The molecule has 0 radical (unpaired) electrons. The first-order valence-electron chi connectivity index (χ1n) is 5.21. The average molecular weight is 201 g/mol. The van der Waals surface area contributed by atoms with E-state index in [1.165, 1.54) is 0 Å². The maximum absolute atomic E-state index is 10.9. The molecule has 0 spiro atoms. The lowest BCUT2D eigenvalue weighted by atomic mass is 10.0. The Bertz CT molecular complexity index is 188. The fourth-order valence-electron chi connectivity index (χ4n) is 1.62. The zero-order valence-corrected chi connectivity index (χ0v) is 8.82. The van der Waals surface area contributed by atoms with Crippen LogP contribution in [-0.4, -0.2) is 30.0 Å². The highest BCUT2D eigenvalue weighted by Gasteiger charge is 2.25. The van der Waals surface area contributed by atoms with Gasteiger partial charge < -0.3 is 9.84 Å². The molecule has 2 N–H and O–H groups in total. The summed E-state index contributed by atoms with van der Waals surface area (Å²) in [5, 5.41) is 12.0. The largest absolute Gasteiger partial charge is 0.480 e. The fourth-order valence-corrected chi connectivity index (χ4v) is 1.62. The summed E-state index contributed by atoms with van der Waals surface area (Å²) < 4.78 is 5.43. The normalized spacial score (nSPS) is 24.9. The van der Waals surface area contributed by atoms with E-state index in [1.54, 1.807) is 0 Å². The van der Waals surface area contributed by atoms with Crippen molar-refractivity contribution in [2.24, 2.45) is 5.92 Å². The third-order valence-electron chi connectivity index (χ3n) is 2.48. The molecule has 4 nitrogen and oxygen atoms in total. The van der Waals surface area contributed by atoms with Crippen LogP contribution in [0.1, 0.15) is 33.1 Å². The number of ether oxygens (including phenoxy) is 1. The maximum atomic E-state index is 10.9. The monoisotopic (exact) mass is 201 g/mol. The van der Waals surface area contributed by atoms with Gasteiger partial charge in [0.25, 0.3) is 0 Å². The van der Waals surface area contributed by atoms with Crippen molar-refractivity contribution >= 4 is 5.97 Å². The summed E-state index contributed by atoms with van der Waals surface area (Å²) in [6, 6.07) is -0.502. The number of carboxylic acids is 1. The molecule has 1 fully saturated rings. The van der Waals surface area contributed by atoms with E-state index < -0.39 is 12.0 Å². The van der Waals surface area contributed by atoms with Crippen LogP contribution in [0.15, 0.2) is 0 Å². The first kappa shape index (κ1) is 11.5. The Morgan fingerprint density at radius 3 is 2.64 bits per heavy atom. The first-order valence-corrected chi connectivity index (χ1v) is 5.21. The Labute approximate surface area is 84.6 Å². The molecule has 0 aliphatic carbocycles. The minimum Gasteiger partial charge on any atom is -0.480 e. The van der Waals surface area contributed by atoms with Gasteiger partial charge in [-0.05, 0) is 25.2 Å². The van der Waals surface area contributed by atoms with Crippen molar-refractivity contribution in [3.8, 4) is 0 Å². The fraction of sp³-hybridized carbons (Fsp3) is 0.900. The third kappa shape index (κ3) is 3.27. The Morgan fingerprint density at radius 1 is 1.50 bits per heavy atom. The van der Waals surface area contributed by atoms with Gasteiger partial charge in [-0.2, -0.15) is 0 Å². The van der Waals surface area contributed by atoms with Crippen LogP contribution in [0.5, 0.6) is 0 Å². The molecular weight excluding hydrogens is 182 g/mol. The molecule has 0 aromatic rings. The van der Waals surface area contributed by atoms with E-state index in [4.69, 9.17) is 9.84 Å². The summed E-state index contributed by atoms with van der Waals surface area (Å²) in [7, 11) is 0. The molecule has 0 amide bonds. The van der Waals surface area contributed by atoms with Crippen molar-refractivity contribution in [3.05, 3.63) is 0 Å². The van der Waals surface area contributed by atoms with Gasteiger partial charge in [-0.25, -0.2) is 0 Å². The molecule has 82 valence electrons. The lowest BCUT2D eigenvalue weighted by molar-refractivity contribution is -0.142. The molecule has 1 rings (SSSR count). The Kier molecular flexibility index (Phi) is 4.35. The maximum Gasteiger partial charge on any atom is 0.321 e. The number of rotatable bonds is 4. The van der Waals surface area contributed by atoms with E-state index in [9.17, 15) is 4.79 Å². The second kappa shape index (κ2) is 5.32. The van der Waals surface area contributed by atoms with Crippen LogP contribution >= 0.6 is 0 Å². The number of hydrogen-bond acceptors (Lipinski definition) is 3. The van der Waals surface area contributed by atoms with Crippen LogP contribution < -0.4 is 5.32 Å². The Balaban J connectivity index is 2.41. The molecule has 0 saturated carbocycles. The molecule has 1 heterocycles. The van der Waals surface area contributed by atoms with Crippen molar-refractivity contribution in [3.63, 3.8) is 0 Å². The standard InChI is InChI=1S/C10H19NO3/c1-7(2)9(10(12)13)11-8-5-3-4-6-14-8/h7-9,11H,3-6H2,1-2H3,(H,12,13)/t8?,9-/m0/s1. The van der Waals surface area contributed by atoms with Crippen LogP contribution in [0.4, 0.5) is 0 Å². The molecule has 0 aromatic heterocycles. The van der Waals surface area contributed by atoms with Crippen LogP contribution in [0.3, 0.4) is 0 Å². The highest BCUT2D eigenvalue weighted by atomic mass is 16.5. The van der Waals surface area contributed by atoms with Gasteiger partial charge in [-0.3, -0.25) is 10.1 Å². The van der Waals surface area contributed by atoms with Gasteiger partial charge in [0, 0.05) is 6.61 Å². The van der Waals surface area contributed by atoms with Crippen LogP contribution in [0.2, 0.25) is 0 Å². The van der Waals surface area contributed by atoms with Gasteiger partial charge in [0.1, 0.15) is 12.3 Å². The zero-order chi connectivity index (χ0) is 10.6. The van der Waals surface area contributed by atoms with E-state index in [0.29, 0.717) is 0 Å². The smallest absolute Gasteiger partial charge is 0.321 e. The molecule has 2 atom stereocenters. The molecule has 1 saturated heterocycles. The summed E-state index contributed by atoms with van der Waals surface area (Å²) in [6.07, 6.45) is 3.03. The summed E-state index contributed by atoms with van der Waals surface area (Å²) in [5.41, 5.74) is 0. The summed E-state index contributed by atoms with van der Waals surface area (Å²) in [4.78, 5) is 10.9. The van der Waals surface area contributed by atoms with E-state index >= 15 is 0 Å². The zero-order valence-electron chi connectivity index (χ0n) is 8.82. The van der Waals surface area contributed by atoms with Gasteiger partial charge in [0.15, 0.2) is 0 Å². The second-order valence-corrected chi connectivity index (χ2v) is 4.08. The average Bonchev–Trinajstić information content (AvgIpc) is 2.15. The third-order valence-corrected chi connectivity index (χ3v) is 2.48. The lowest BCUT2D eigenvalue weighted by Gasteiger charge is -2.28. The minimum atomic E-state index is -0.797. The number of nitrogens with one attached hydrogen (secondary N) is 1. The molecule has 4 heteroatoms. The molecule has 1 unspecified atom stereocenters. The first-order chi connectivity index (χ1) is 6.61. The predicted octanol–water partition coefficient (Wildman–Crippen LogP) is 1.21. The van der Waals surface area contributed by atoms with Gasteiger partial charge in [0.05, 0.1) is 0 Å². The van der Waals surface area contributed by atoms with Gasteiger partial charge >= 0.3 is 5.97 Å². The molecule has 1 aliphatic rings. The topological polar surface area (TPSA) is 58.6 Å². The second-order valence-electron chi connectivity index (χ2n) is 4.08. The molecule has 0 bridgehead atoms. The minimum absolute atomic E-state index is 0.0766. The Hall–Kier alpha value is -0.610. The highest BCUT2D eigenvalue weighted by molar-refractivity contribution is 5.73. The lowest BCUT2D eigenvalue weighted by Crippen LogP contribution is -2.48. The van der Waals surface area contributed by atoms with Crippen LogP contribution in [0, 0.1) is 5.92 Å². The molecule has 14 heavy (non-hydrogen) atoms. The van der Waals surface area contributed by atoms with E-state index in [2.05, 4.69) is 5.32 Å². The SMILES string of the molecule is CC(C)[C@H](NC1CCCCO1)C(=O)O. The molecule has 0 aromatic carbocycles. The summed E-state index contributed by atoms with van der Waals surface area (Å²) in [6.45, 7) is 4.53. The van der Waals surface area contributed by atoms with Crippen molar-refractivity contribution in [1.82, 2.24) is 5.32 Å². The quantitative estimate of drug-likeness (QED) is 0.718. The van der Waals surface area contributed by atoms with E-state index in [-0.39, 0.29) is 12.1 Å². The van der Waals surface area contributed by atoms with Crippen molar-refractivity contribution in [1.29, 1.82) is 0 Å².